The van der Waals surface area contributed by atoms with Crippen molar-refractivity contribution in [1.82, 2.24) is 0 Å². The fraction of sp³-hybridized carbons (Fsp3) is 0.792. The summed E-state index contributed by atoms with van der Waals surface area (Å²) in [6, 6.07) is 0. The van der Waals surface area contributed by atoms with E-state index in [2.05, 4.69) is 32.9 Å². The number of ether oxygens (including phenoxy) is 1. The Hall–Kier alpha value is -1.09. The Bertz CT molecular complexity index is 677. The van der Waals surface area contributed by atoms with Gasteiger partial charge in [-0.15, -0.1) is 0 Å². The average molecular weight is 373 g/mol. The molecule has 3 heteroatoms. The van der Waals surface area contributed by atoms with Crippen LogP contribution in [0.2, 0.25) is 0 Å². The van der Waals surface area contributed by atoms with Crippen LogP contribution >= 0.6 is 0 Å². The van der Waals surface area contributed by atoms with Gasteiger partial charge in [0.2, 0.25) is 0 Å². The van der Waals surface area contributed by atoms with Crippen LogP contribution < -0.4 is 0 Å². The van der Waals surface area contributed by atoms with Gasteiger partial charge in [0.25, 0.3) is 0 Å². The van der Waals surface area contributed by atoms with Gasteiger partial charge in [-0.3, -0.25) is 4.79 Å². The highest BCUT2D eigenvalue weighted by atomic mass is 16.5. The number of rotatable bonds is 3. The van der Waals surface area contributed by atoms with E-state index in [4.69, 9.17) is 4.74 Å². The second kappa shape index (κ2) is 6.76. The maximum atomic E-state index is 11.4. The lowest BCUT2D eigenvalue weighted by atomic mass is 9.47. The highest BCUT2D eigenvalue weighted by molar-refractivity contribution is 5.66. The molecule has 0 aliphatic heterocycles. The Balaban J connectivity index is 1.57. The molecule has 4 rings (SSSR count). The molecule has 3 nitrogen and oxygen atoms in total. The molecule has 7 atom stereocenters. The molecule has 150 valence electrons. The standard InChI is InChI=1S/C24H36O3/c1-15(14-25)20-7-8-21-19-6-5-17-13-18(27-16(2)26)9-11-23(17,3)22(19)10-12-24(20,21)4/h5,7,15,18-19,21-22,25H,6,8-14H2,1-4H3/t15-,18?,19+,21+,22+,23+,24-/m1/s1. The van der Waals surface area contributed by atoms with Gasteiger partial charge in [0, 0.05) is 25.9 Å². The van der Waals surface area contributed by atoms with E-state index < -0.39 is 0 Å². The summed E-state index contributed by atoms with van der Waals surface area (Å²) in [6.07, 6.45) is 13.1. The summed E-state index contributed by atoms with van der Waals surface area (Å²) in [6.45, 7) is 8.93. The van der Waals surface area contributed by atoms with Crippen molar-refractivity contribution in [3.05, 3.63) is 23.3 Å². The van der Waals surface area contributed by atoms with Crippen LogP contribution in [0.3, 0.4) is 0 Å². The van der Waals surface area contributed by atoms with Gasteiger partial charge < -0.3 is 9.84 Å². The lowest BCUT2D eigenvalue weighted by molar-refractivity contribution is -0.148. The zero-order valence-corrected chi connectivity index (χ0v) is 17.5. The second-order valence-electron chi connectivity index (χ2n) is 10.2. The van der Waals surface area contributed by atoms with Crippen molar-refractivity contribution >= 4 is 5.97 Å². The Labute approximate surface area is 164 Å². The third-order valence-corrected chi connectivity index (χ3v) is 8.84. The normalized spacial score (nSPS) is 44.3. The molecule has 4 aliphatic rings. The number of esters is 1. The topological polar surface area (TPSA) is 46.5 Å². The molecule has 0 heterocycles. The Morgan fingerprint density at radius 3 is 2.63 bits per heavy atom. The molecule has 4 aliphatic carbocycles. The molecule has 0 radical (unpaired) electrons. The van der Waals surface area contributed by atoms with E-state index in [0.717, 1.165) is 37.0 Å². The number of aliphatic hydroxyl groups is 1. The van der Waals surface area contributed by atoms with E-state index in [-0.39, 0.29) is 29.5 Å². The lowest BCUT2D eigenvalue weighted by Crippen LogP contribution is -2.50. The van der Waals surface area contributed by atoms with Gasteiger partial charge in [-0.2, -0.15) is 0 Å². The van der Waals surface area contributed by atoms with Gasteiger partial charge in [-0.1, -0.05) is 44.1 Å². The predicted molar refractivity (Wildman–Crippen MR) is 107 cm³/mol. The number of carbonyl (C=O) groups is 1. The SMILES string of the molecule is CC(=O)OC1CC[C@@]2(C)C(=CC[C@@H]3[C@@H]2CC[C@]2(C)C([C@H](C)CO)=CC[C@@H]32)C1. The summed E-state index contributed by atoms with van der Waals surface area (Å²) in [5.41, 5.74) is 3.64. The predicted octanol–water partition coefficient (Wildman–Crippen LogP) is 5.05. The molecule has 27 heavy (non-hydrogen) atoms. The quantitative estimate of drug-likeness (QED) is 0.557. The number of allylic oxidation sites excluding steroid dienone is 2. The summed E-state index contributed by atoms with van der Waals surface area (Å²) in [4.78, 5) is 11.4. The van der Waals surface area contributed by atoms with Gasteiger partial charge >= 0.3 is 5.97 Å². The average Bonchev–Trinajstić information content (AvgIpc) is 2.98. The lowest BCUT2D eigenvalue weighted by Gasteiger charge is -2.58. The van der Waals surface area contributed by atoms with E-state index in [1.807, 2.05) is 0 Å². The summed E-state index contributed by atoms with van der Waals surface area (Å²) >= 11 is 0. The number of aliphatic hydroxyl groups excluding tert-OH is 1. The molecule has 0 aromatic rings. The summed E-state index contributed by atoms with van der Waals surface area (Å²) in [7, 11) is 0. The number of hydrogen-bond acceptors (Lipinski definition) is 3. The van der Waals surface area contributed by atoms with Crippen molar-refractivity contribution in [2.45, 2.75) is 78.7 Å². The van der Waals surface area contributed by atoms with Gasteiger partial charge in [-0.05, 0) is 67.1 Å². The van der Waals surface area contributed by atoms with Crippen molar-refractivity contribution in [2.75, 3.05) is 6.61 Å². The van der Waals surface area contributed by atoms with Crippen LogP contribution in [0.5, 0.6) is 0 Å². The fourth-order valence-corrected chi connectivity index (χ4v) is 7.43. The van der Waals surface area contributed by atoms with E-state index in [0.29, 0.717) is 5.92 Å². The van der Waals surface area contributed by atoms with Gasteiger partial charge in [0.15, 0.2) is 0 Å². The maximum absolute atomic E-state index is 11.4. The first-order chi connectivity index (χ1) is 12.8. The van der Waals surface area contributed by atoms with E-state index in [9.17, 15) is 9.90 Å². The van der Waals surface area contributed by atoms with Crippen molar-refractivity contribution in [3.63, 3.8) is 0 Å². The molecule has 0 saturated heterocycles. The minimum absolute atomic E-state index is 0.0809. The zero-order valence-electron chi connectivity index (χ0n) is 17.5. The van der Waals surface area contributed by atoms with Crippen LogP contribution in [0.15, 0.2) is 23.3 Å². The van der Waals surface area contributed by atoms with E-state index >= 15 is 0 Å². The Kier molecular flexibility index (Phi) is 4.81. The highest BCUT2D eigenvalue weighted by Gasteiger charge is 2.57. The van der Waals surface area contributed by atoms with Crippen molar-refractivity contribution in [2.24, 2.45) is 34.5 Å². The van der Waals surface area contributed by atoms with E-state index in [1.165, 1.54) is 38.2 Å². The first-order valence-electron chi connectivity index (χ1n) is 11.0. The third-order valence-electron chi connectivity index (χ3n) is 8.84. The van der Waals surface area contributed by atoms with Gasteiger partial charge in [0.1, 0.15) is 6.10 Å². The molecular formula is C24H36O3. The number of carbonyl (C=O) groups excluding carboxylic acids is 1. The Morgan fingerprint density at radius 1 is 1.19 bits per heavy atom. The molecule has 1 unspecified atom stereocenters. The molecule has 0 aromatic heterocycles. The molecule has 0 aromatic carbocycles. The Morgan fingerprint density at radius 2 is 1.93 bits per heavy atom. The van der Waals surface area contributed by atoms with Crippen molar-refractivity contribution < 1.29 is 14.6 Å². The largest absolute Gasteiger partial charge is 0.462 e. The second-order valence-corrected chi connectivity index (χ2v) is 10.2. The first kappa shape index (κ1) is 19.2. The van der Waals surface area contributed by atoms with Crippen LogP contribution in [0, 0.1) is 34.5 Å². The molecule has 2 fully saturated rings. The smallest absolute Gasteiger partial charge is 0.302 e. The summed E-state index contributed by atoms with van der Waals surface area (Å²) in [5, 5.41) is 9.73. The third kappa shape index (κ3) is 2.92. The van der Waals surface area contributed by atoms with Crippen LogP contribution in [-0.4, -0.2) is 23.8 Å². The molecule has 2 saturated carbocycles. The highest BCUT2D eigenvalue weighted by Crippen LogP contribution is 2.65. The minimum atomic E-state index is -0.145. The molecular weight excluding hydrogens is 336 g/mol. The minimum Gasteiger partial charge on any atom is -0.462 e. The maximum Gasteiger partial charge on any atom is 0.302 e. The fourth-order valence-electron chi connectivity index (χ4n) is 7.43. The van der Waals surface area contributed by atoms with Crippen molar-refractivity contribution in [1.29, 1.82) is 0 Å². The molecule has 0 amide bonds. The van der Waals surface area contributed by atoms with Crippen LogP contribution in [0.25, 0.3) is 0 Å². The van der Waals surface area contributed by atoms with Crippen molar-refractivity contribution in [3.8, 4) is 0 Å². The first-order valence-corrected chi connectivity index (χ1v) is 11.0. The molecule has 1 N–H and O–H groups in total. The number of hydrogen-bond donors (Lipinski definition) is 1. The molecule has 0 spiro atoms. The molecule has 0 bridgehead atoms. The summed E-state index contributed by atoms with van der Waals surface area (Å²) in [5.74, 6) is 2.38. The summed E-state index contributed by atoms with van der Waals surface area (Å²) < 4.78 is 5.55. The number of fused-ring (bicyclic) bond motifs is 5. The zero-order chi connectivity index (χ0) is 19.4. The van der Waals surface area contributed by atoms with Crippen LogP contribution in [0.1, 0.15) is 72.6 Å². The monoisotopic (exact) mass is 372 g/mol. The van der Waals surface area contributed by atoms with Gasteiger partial charge in [0.05, 0.1) is 0 Å². The van der Waals surface area contributed by atoms with Crippen LogP contribution in [-0.2, 0) is 9.53 Å². The van der Waals surface area contributed by atoms with Gasteiger partial charge in [-0.25, -0.2) is 0 Å². The van der Waals surface area contributed by atoms with E-state index in [1.54, 1.807) is 5.57 Å². The van der Waals surface area contributed by atoms with Crippen LogP contribution in [0.4, 0.5) is 0 Å².